The van der Waals surface area contributed by atoms with Crippen molar-refractivity contribution in [2.45, 2.75) is 0 Å². The highest BCUT2D eigenvalue weighted by molar-refractivity contribution is 6.00. The Balaban J connectivity index is 2.76. The summed E-state index contributed by atoms with van der Waals surface area (Å²) in [5, 5.41) is 0.976. The van der Waals surface area contributed by atoms with Crippen LogP contribution in [0.1, 0.15) is 4.79 Å². The number of carbonyl (C=O) groups is 1. The molecule has 0 spiro atoms. The van der Waals surface area contributed by atoms with Gasteiger partial charge in [-0.05, 0) is 18.2 Å². The Kier molecular flexibility index (Phi) is 2.29. The molecule has 3 nitrogen and oxygen atoms in total. The molecule has 0 bridgehead atoms. The topological polar surface area (TPSA) is 31.2 Å². The van der Waals surface area contributed by atoms with Crippen molar-refractivity contribution < 1.29 is 9.53 Å². The molecule has 1 aromatic carbocycles. The highest BCUT2D eigenvalue weighted by Crippen LogP contribution is 2.26. The van der Waals surface area contributed by atoms with E-state index in [0.29, 0.717) is 5.75 Å². The lowest BCUT2D eigenvalue weighted by molar-refractivity contribution is 0.0974. The Bertz CT molecular complexity index is 525. The summed E-state index contributed by atoms with van der Waals surface area (Å²) in [6.07, 6.45) is 3.00. The predicted octanol–water partition coefficient (Wildman–Crippen LogP) is 2.48. The second-order valence-electron chi connectivity index (χ2n) is 3.13. The average Bonchev–Trinajstić information content (AvgIpc) is 2.71. The van der Waals surface area contributed by atoms with Crippen LogP contribution in [-0.4, -0.2) is 17.6 Å². The van der Waals surface area contributed by atoms with E-state index in [-0.39, 0.29) is 5.91 Å². The number of allylic oxidation sites excluding steroid dienone is 1. The van der Waals surface area contributed by atoms with E-state index >= 15 is 0 Å². The summed E-state index contributed by atoms with van der Waals surface area (Å²) in [5.41, 5.74) is 0.782. The molecule has 0 amide bonds. The second-order valence-corrected chi connectivity index (χ2v) is 3.13. The quantitative estimate of drug-likeness (QED) is 0.699. The molecule has 1 heterocycles. The third-order valence-electron chi connectivity index (χ3n) is 2.31. The van der Waals surface area contributed by atoms with Gasteiger partial charge in [0.2, 0.25) is 0 Å². The fourth-order valence-electron chi connectivity index (χ4n) is 1.61. The molecule has 0 fully saturated rings. The van der Waals surface area contributed by atoms with Crippen LogP contribution in [0.25, 0.3) is 10.9 Å². The number of rotatable bonds is 2. The molecule has 0 atom stereocenters. The number of nitrogens with zero attached hydrogens (tertiary/aromatic N) is 1. The van der Waals surface area contributed by atoms with Crippen LogP contribution >= 0.6 is 0 Å². The molecular formula is C12H11NO2. The molecule has 1 aromatic heterocycles. The minimum Gasteiger partial charge on any atom is -0.495 e. The zero-order chi connectivity index (χ0) is 10.8. The normalized spacial score (nSPS) is 10.2. The van der Waals surface area contributed by atoms with Crippen molar-refractivity contribution in [3.63, 3.8) is 0 Å². The molecule has 2 aromatic rings. The van der Waals surface area contributed by atoms with Crippen molar-refractivity contribution in [3.05, 3.63) is 43.1 Å². The summed E-state index contributed by atoms with van der Waals surface area (Å²) in [6.45, 7) is 3.47. The zero-order valence-corrected chi connectivity index (χ0v) is 8.43. The lowest BCUT2D eigenvalue weighted by atomic mass is 10.2. The smallest absolute Gasteiger partial charge is 0.254 e. The summed E-state index contributed by atoms with van der Waals surface area (Å²) in [7, 11) is 1.59. The number of methoxy groups -OCH3 is 1. The van der Waals surface area contributed by atoms with E-state index in [1.165, 1.54) is 10.6 Å². The molecule has 0 aliphatic rings. The van der Waals surface area contributed by atoms with Gasteiger partial charge in [-0.1, -0.05) is 18.7 Å². The third-order valence-corrected chi connectivity index (χ3v) is 2.31. The standard InChI is InChI=1S/C12H11NO2/c1-3-11(14)13-8-7-9-5-4-6-10(15-2)12(9)13/h3-8H,1H2,2H3. The largest absolute Gasteiger partial charge is 0.495 e. The van der Waals surface area contributed by atoms with Gasteiger partial charge >= 0.3 is 0 Å². The molecule has 76 valence electrons. The first-order valence-electron chi connectivity index (χ1n) is 4.58. The first-order valence-corrected chi connectivity index (χ1v) is 4.58. The number of carbonyl (C=O) groups excluding carboxylic acids is 1. The van der Waals surface area contributed by atoms with E-state index in [1.807, 2.05) is 24.3 Å². The Morgan fingerprint density at radius 2 is 2.27 bits per heavy atom. The van der Waals surface area contributed by atoms with Crippen LogP contribution in [-0.2, 0) is 0 Å². The van der Waals surface area contributed by atoms with E-state index in [1.54, 1.807) is 13.3 Å². The number of ether oxygens (including phenoxy) is 1. The maximum absolute atomic E-state index is 11.5. The molecule has 0 aliphatic heterocycles. The van der Waals surface area contributed by atoms with Crippen LogP contribution in [0, 0.1) is 0 Å². The SMILES string of the molecule is C=CC(=O)n1ccc2cccc(OC)c21. The van der Waals surface area contributed by atoms with Gasteiger partial charge in [0, 0.05) is 11.6 Å². The summed E-state index contributed by atoms with van der Waals surface area (Å²) < 4.78 is 6.74. The van der Waals surface area contributed by atoms with Crippen LogP contribution in [0.15, 0.2) is 43.1 Å². The molecule has 0 unspecified atom stereocenters. The first kappa shape index (κ1) is 9.52. The molecule has 3 heteroatoms. The molecular weight excluding hydrogens is 190 g/mol. The molecule has 0 aliphatic carbocycles. The van der Waals surface area contributed by atoms with Crippen molar-refractivity contribution in [3.8, 4) is 5.75 Å². The van der Waals surface area contributed by atoms with Gasteiger partial charge in [0.15, 0.2) is 0 Å². The van der Waals surface area contributed by atoms with Crippen LogP contribution in [0.2, 0.25) is 0 Å². The lowest BCUT2D eigenvalue weighted by Gasteiger charge is -2.05. The molecule has 15 heavy (non-hydrogen) atoms. The van der Waals surface area contributed by atoms with Gasteiger partial charge in [0.05, 0.1) is 12.6 Å². The van der Waals surface area contributed by atoms with Crippen LogP contribution in [0.5, 0.6) is 5.75 Å². The van der Waals surface area contributed by atoms with E-state index in [4.69, 9.17) is 4.74 Å². The summed E-state index contributed by atoms with van der Waals surface area (Å²) >= 11 is 0. The van der Waals surface area contributed by atoms with Gasteiger partial charge in [0.1, 0.15) is 5.75 Å². The Morgan fingerprint density at radius 3 is 2.93 bits per heavy atom. The van der Waals surface area contributed by atoms with Gasteiger partial charge in [-0.25, -0.2) is 0 Å². The highest BCUT2D eigenvalue weighted by Gasteiger charge is 2.09. The molecule has 0 radical (unpaired) electrons. The van der Waals surface area contributed by atoms with Gasteiger partial charge in [0.25, 0.3) is 5.91 Å². The molecule has 2 rings (SSSR count). The minimum absolute atomic E-state index is 0.158. The molecule has 0 saturated carbocycles. The number of aromatic nitrogens is 1. The minimum atomic E-state index is -0.158. The van der Waals surface area contributed by atoms with E-state index in [9.17, 15) is 4.79 Å². The summed E-state index contributed by atoms with van der Waals surface area (Å²) in [4.78, 5) is 11.5. The monoisotopic (exact) mass is 201 g/mol. The lowest BCUT2D eigenvalue weighted by Crippen LogP contribution is -2.05. The first-order chi connectivity index (χ1) is 7.27. The van der Waals surface area contributed by atoms with E-state index in [2.05, 4.69) is 6.58 Å². The van der Waals surface area contributed by atoms with Crippen molar-refractivity contribution in [1.82, 2.24) is 4.57 Å². The zero-order valence-electron chi connectivity index (χ0n) is 8.43. The van der Waals surface area contributed by atoms with Crippen LogP contribution in [0.3, 0.4) is 0 Å². The van der Waals surface area contributed by atoms with E-state index < -0.39 is 0 Å². The van der Waals surface area contributed by atoms with Gasteiger partial charge in [-0.3, -0.25) is 9.36 Å². The number of benzene rings is 1. The fraction of sp³-hybridized carbons (Fsp3) is 0.0833. The molecule has 0 saturated heterocycles. The Hall–Kier alpha value is -2.03. The third kappa shape index (κ3) is 1.42. The maximum atomic E-state index is 11.5. The van der Waals surface area contributed by atoms with Gasteiger partial charge < -0.3 is 4.74 Å². The molecule has 0 N–H and O–H groups in total. The summed E-state index contributed by atoms with van der Waals surface area (Å²) in [5.74, 6) is 0.530. The van der Waals surface area contributed by atoms with Crippen molar-refractivity contribution in [2.24, 2.45) is 0 Å². The van der Waals surface area contributed by atoms with Crippen molar-refractivity contribution in [1.29, 1.82) is 0 Å². The Morgan fingerprint density at radius 1 is 1.47 bits per heavy atom. The van der Waals surface area contributed by atoms with Gasteiger partial charge in [-0.15, -0.1) is 0 Å². The Labute approximate surface area is 87.6 Å². The van der Waals surface area contributed by atoms with Gasteiger partial charge in [-0.2, -0.15) is 0 Å². The van der Waals surface area contributed by atoms with Crippen LogP contribution in [0.4, 0.5) is 0 Å². The van der Waals surface area contributed by atoms with Crippen molar-refractivity contribution in [2.75, 3.05) is 7.11 Å². The fourth-order valence-corrected chi connectivity index (χ4v) is 1.61. The second kappa shape index (κ2) is 3.61. The predicted molar refractivity (Wildman–Crippen MR) is 59.3 cm³/mol. The maximum Gasteiger partial charge on any atom is 0.254 e. The number of fused-ring (bicyclic) bond motifs is 1. The van der Waals surface area contributed by atoms with E-state index in [0.717, 1.165) is 10.9 Å². The number of para-hydroxylation sites is 1. The highest BCUT2D eigenvalue weighted by atomic mass is 16.5. The van der Waals surface area contributed by atoms with Crippen LogP contribution < -0.4 is 4.74 Å². The number of hydrogen-bond donors (Lipinski definition) is 0. The average molecular weight is 201 g/mol. The number of hydrogen-bond acceptors (Lipinski definition) is 2. The summed E-state index contributed by atoms with van der Waals surface area (Å²) in [6, 6.07) is 7.53. The van der Waals surface area contributed by atoms with Crippen molar-refractivity contribution >= 4 is 16.8 Å².